The maximum atomic E-state index is 5.68. The van der Waals surface area contributed by atoms with Crippen molar-refractivity contribution in [2.45, 2.75) is 13.0 Å². The second kappa shape index (κ2) is 7.65. The molecule has 1 aromatic carbocycles. The minimum Gasteiger partial charge on any atom is -0.477 e. The summed E-state index contributed by atoms with van der Waals surface area (Å²) in [4.78, 5) is 0. The van der Waals surface area contributed by atoms with E-state index in [1.165, 1.54) is 0 Å². The van der Waals surface area contributed by atoms with Crippen LogP contribution in [0.4, 0.5) is 0 Å². The van der Waals surface area contributed by atoms with Gasteiger partial charge in [-0.2, -0.15) is 5.10 Å². The zero-order chi connectivity index (χ0) is 14.3. The van der Waals surface area contributed by atoms with Crippen LogP contribution in [0.3, 0.4) is 0 Å². The van der Waals surface area contributed by atoms with Crippen LogP contribution < -0.4 is 4.74 Å². The number of allylic oxidation sites excluding steroid dienone is 1. The lowest BCUT2D eigenvalue weighted by Gasteiger charge is -2.12. The van der Waals surface area contributed by atoms with E-state index >= 15 is 0 Å². The highest BCUT2D eigenvalue weighted by Crippen LogP contribution is 2.25. The molecule has 4 heteroatoms. The summed E-state index contributed by atoms with van der Waals surface area (Å²) in [6.45, 7) is 1.84. The van der Waals surface area contributed by atoms with Crippen molar-refractivity contribution in [2.75, 3.05) is 14.1 Å². The Labute approximate surface area is 123 Å². The van der Waals surface area contributed by atoms with Crippen molar-refractivity contribution in [3.63, 3.8) is 0 Å². The summed E-state index contributed by atoms with van der Waals surface area (Å²) >= 11 is 3.42. The lowest BCUT2D eigenvalue weighted by molar-refractivity contribution is 0.278. The van der Waals surface area contributed by atoms with E-state index < -0.39 is 0 Å². The van der Waals surface area contributed by atoms with E-state index in [-0.39, 0.29) is 6.10 Å². The molecule has 0 spiro atoms. The Morgan fingerprint density at radius 3 is 2.84 bits per heavy atom. The molecule has 0 heterocycles. The summed E-state index contributed by atoms with van der Waals surface area (Å²) in [6, 6.07) is 5.81. The molecule has 1 aromatic rings. The van der Waals surface area contributed by atoms with Gasteiger partial charge in [0, 0.05) is 30.3 Å². The summed E-state index contributed by atoms with van der Waals surface area (Å²) in [6.07, 6.45) is 10.6. The molecule has 100 valence electrons. The molecule has 0 saturated heterocycles. The first-order valence-corrected chi connectivity index (χ1v) is 6.62. The van der Waals surface area contributed by atoms with Crippen molar-refractivity contribution in [3.8, 4) is 18.1 Å². The van der Waals surface area contributed by atoms with Crippen molar-refractivity contribution < 1.29 is 4.74 Å². The molecule has 1 unspecified atom stereocenters. The van der Waals surface area contributed by atoms with Gasteiger partial charge < -0.3 is 9.75 Å². The third-order valence-corrected chi connectivity index (χ3v) is 2.67. The van der Waals surface area contributed by atoms with Crippen LogP contribution in [0.5, 0.6) is 5.75 Å². The van der Waals surface area contributed by atoms with Crippen LogP contribution in [0.25, 0.3) is 6.08 Å². The summed E-state index contributed by atoms with van der Waals surface area (Å²) in [5.41, 5.74) is 0.954. The minimum atomic E-state index is -0.267. The summed E-state index contributed by atoms with van der Waals surface area (Å²) < 4.78 is 6.63. The molecule has 0 amide bonds. The largest absolute Gasteiger partial charge is 0.477 e. The van der Waals surface area contributed by atoms with Gasteiger partial charge in [-0.1, -0.05) is 27.9 Å². The van der Waals surface area contributed by atoms with Gasteiger partial charge in [0.2, 0.25) is 0 Å². The zero-order valence-electron chi connectivity index (χ0n) is 11.3. The van der Waals surface area contributed by atoms with Crippen LogP contribution in [0.1, 0.15) is 12.5 Å². The average molecular weight is 321 g/mol. The Hall–Kier alpha value is -1.73. The number of terminal acetylenes is 1. The molecule has 0 aliphatic rings. The van der Waals surface area contributed by atoms with Crippen molar-refractivity contribution in [1.82, 2.24) is 5.01 Å². The lowest BCUT2D eigenvalue weighted by atomic mass is 10.2. The molecule has 1 rings (SSSR count). The van der Waals surface area contributed by atoms with Crippen LogP contribution >= 0.6 is 15.9 Å². The minimum absolute atomic E-state index is 0.267. The van der Waals surface area contributed by atoms with Gasteiger partial charge >= 0.3 is 0 Å². The van der Waals surface area contributed by atoms with Crippen LogP contribution in [0.15, 0.2) is 33.8 Å². The average Bonchev–Trinajstić information content (AvgIpc) is 2.36. The number of hydrazone groups is 1. The highest BCUT2D eigenvalue weighted by molar-refractivity contribution is 9.10. The standard InChI is InChI=1S/C15H17BrN2O/c1-5-12(2)19-15-11-14(16)9-8-13(15)7-6-10-17-18(3)4/h1,6-12H,2-4H3. The summed E-state index contributed by atoms with van der Waals surface area (Å²) in [7, 11) is 3.74. The first kappa shape index (κ1) is 15.3. The first-order chi connectivity index (χ1) is 9.02. The number of hydrogen-bond donors (Lipinski definition) is 0. The SMILES string of the molecule is C#CC(C)Oc1cc(Br)ccc1C=CC=NN(C)C. The molecule has 0 radical (unpaired) electrons. The van der Waals surface area contributed by atoms with Gasteiger partial charge in [0.05, 0.1) is 0 Å². The Morgan fingerprint density at radius 1 is 1.47 bits per heavy atom. The number of hydrogen-bond acceptors (Lipinski definition) is 3. The van der Waals surface area contributed by atoms with E-state index in [1.54, 1.807) is 11.2 Å². The van der Waals surface area contributed by atoms with Gasteiger partial charge in [0.1, 0.15) is 5.75 Å². The first-order valence-electron chi connectivity index (χ1n) is 5.83. The summed E-state index contributed by atoms with van der Waals surface area (Å²) in [5.74, 6) is 3.29. The van der Waals surface area contributed by atoms with Gasteiger partial charge in [0.15, 0.2) is 6.10 Å². The maximum Gasteiger partial charge on any atom is 0.156 e. The monoisotopic (exact) mass is 320 g/mol. The molecule has 0 aromatic heterocycles. The predicted octanol–water partition coefficient (Wildman–Crippen LogP) is 3.41. The predicted molar refractivity (Wildman–Crippen MR) is 84.3 cm³/mol. The van der Waals surface area contributed by atoms with E-state index in [2.05, 4.69) is 27.0 Å². The smallest absolute Gasteiger partial charge is 0.156 e. The molecular weight excluding hydrogens is 304 g/mol. The molecular formula is C15H17BrN2O. The van der Waals surface area contributed by atoms with Crippen LogP contribution in [0.2, 0.25) is 0 Å². The van der Waals surface area contributed by atoms with Crippen molar-refractivity contribution in [2.24, 2.45) is 5.10 Å². The molecule has 0 aliphatic heterocycles. The third kappa shape index (κ3) is 5.62. The Balaban J connectivity index is 2.91. The van der Waals surface area contributed by atoms with Crippen molar-refractivity contribution in [1.29, 1.82) is 0 Å². The maximum absolute atomic E-state index is 5.68. The highest BCUT2D eigenvalue weighted by Gasteiger charge is 2.05. The van der Waals surface area contributed by atoms with Crippen molar-refractivity contribution in [3.05, 3.63) is 34.3 Å². The molecule has 0 aliphatic carbocycles. The Kier molecular flexibility index (Phi) is 6.17. The van der Waals surface area contributed by atoms with E-state index in [0.29, 0.717) is 0 Å². The molecule has 19 heavy (non-hydrogen) atoms. The van der Waals surface area contributed by atoms with Gasteiger partial charge in [0.25, 0.3) is 0 Å². The number of nitrogens with zero attached hydrogens (tertiary/aromatic N) is 2. The molecule has 0 fully saturated rings. The van der Waals surface area contributed by atoms with E-state index in [1.807, 2.05) is 51.4 Å². The van der Waals surface area contributed by atoms with E-state index in [9.17, 15) is 0 Å². The highest BCUT2D eigenvalue weighted by atomic mass is 79.9. The van der Waals surface area contributed by atoms with Crippen molar-refractivity contribution >= 4 is 28.2 Å². The second-order valence-electron chi connectivity index (χ2n) is 4.08. The van der Waals surface area contributed by atoms with Gasteiger partial charge in [-0.25, -0.2) is 0 Å². The molecule has 0 N–H and O–H groups in total. The fourth-order valence-corrected chi connectivity index (χ4v) is 1.63. The fourth-order valence-electron chi connectivity index (χ4n) is 1.29. The Morgan fingerprint density at radius 2 is 2.21 bits per heavy atom. The van der Waals surface area contributed by atoms with Crippen LogP contribution in [0, 0.1) is 12.3 Å². The van der Waals surface area contributed by atoms with Gasteiger partial charge in [-0.15, -0.1) is 6.42 Å². The quantitative estimate of drug-likeness (QED) is 0.472. The second-order valence-corrected chi connectivity index (χ2v) is 5.00. The van der Waals surface area contributed by atoms with Crippen LogP contribution in [-0.4, -0.2) is 31.4 Å². The van der Waals surface area contributed by atoms with E-state index in [4.69, 9.17) is 11.2 Å². The number of halogens is 1. The topological polar surface area (TPSA) is 24.8 Å². The number of ether oxygens (including phenoxy) is 1. The van der Waals surface area contributed by atoms with E-state index in [0.717, 1.165) is 15.8 Å². The Bertz CT molecular complexity index is 515. The third-order valence-electron chi connectivity index (χ3n) is 2.17. The number of rotatable bonds is 5. The molecule has 1 atom stereocenters. The fraction of sp³-hybridized carbons (Fsp3) is 0.267. The molecule has 3 nitrogen and oxygen atoms in total. The zero-order valence-corrected chi connectivity index (χ0v) is 12.9. The van der Waals surface area contributed by atoms with Crippen LogP contribution in [-0.2, 0) is 0 Å². The molecule has 0 saturated carbocycles. The van der Waals surface area contributed by atoms with Gasteiger partial charge in [-0.3, -0.25) is 0 Å². The number of benzene rings is 1. The normalized spacial score (nSPS) is 12.6. The molecule has 0 bridgehead atoms. The van der Waals surface area contributed by atoms with Gasteiger partial charge in [-0.05, 0) is 31.2 Å². The lowest BCUT2D eigenvalue weighted by Crippen LogP contribution is -2.09. The summed E-state index contributed by atoms with van der Waals surface area (Å²) in [5, 5.41) is 5.83.